The molecule has 0 atom stereocenters. The van der Waals surface area contributed by atoms with Gasteiger partial charge in [-0.2, -0.15) is 0 Å². The summed E-state index contributed by atoms with van der Waals surface area (Å²) in [5, 5.41) is 0. The molecule has 0 aliphatic rings. The third-order valence-corrected chi connectivity index (χ3v) is 1.09. The van der Waals surface area contributed by atoms with E-state index in [0.717, 1.165) is 0 Å². The topological polar surface area (TPSA) is 27.7 Å². The molecule has 0 aliphatic heterocycles. The molecule has 9 heavy (non-hydrogen) atoms. The lowest BCUT2D eigenvalue weighted by Crippen LogP contribution is -2.06. The molecule has 0 aromatic carbocycles. The maximum absolute atomic E-state index is 5.07. The van der Waals surface area contributed by atoms with Crippen molar-refractivity contribution in [3.05, 3.63) is 0 Å². The molecule has 0 aromatic heterocycles. The highest BCUT2D eigenvalue weighted by atomic mass is 28.2. The summed E-state index contributed by atoms with van der Waals surface area (Å²) in [7, 11) is 3.14. The van der Waals surface area contributed by atoms with Crippen molar-refractivity contribution in [2.45, 2.75) is 0 Å². The molecule has 3 nitrogen and oxygen atoms in total. The predicted molar refractivity (Wildman–Crippen MR) is 37.2 cm³/mol. The molecule has 1 radical (unpaired) electrons. The summed E-state index contributed by atoms with van der Waals surface area (Å²) in [5.41, 5.74) is 0. The lowest BCUT2D eigenvalue weighted by Gasteiger charge is -2.00. The Bertz CT molecular complexity index is 45.5. The van der Waals surface area contributed by atoms with Gasteiger partial charge in [0.2, 0.25) is 0 Å². The van der Waals surface area contributed by atoms with Gasteiger partial charge in [-0.25, -0.2) is 0 Å². The Balaban J connectivity index is 2.60. The minimum Gasteiger partial charge on any atom is -0.423 e. The van der Waals surface area contributed by atoms with Crippen LogP contribution in [0.5, 0.6) is 0 Å². The van der Waals surface area contributed by atoms with E-state index >= 15 is 0 Å². The molecule has 0 amide bonds. The molecule has 0 unspecified atom stereocenters. The van der Waals surface area contributed by atoms with Gasteiger partial charge in [0.1, 0.15) is 0 Å². The Morgan fingerprint density at radius 2 is 1.78 bits per heavy atom. The van der Waals surface area contributed by atoms with Gasteiger partial charge in [-0.3, -0.25) is 0 Å². The van der Waals surface area contributed by atoms with Crippen molar-refractivity contribution in [3.8, 4) is 0 Å². The summed E-state index contributed by atoms with van der Waals surface area (Å²) in [6.07, 6.45) is 0. The van der Waals surface area contributed by atoms with E-state index in [0.29, 0.717) is 26.4 Å². The number of hydrogen-bond acceptors (Lipinski definition) is 3. The van der Waals surface area contributed by atoms with E-state index in [1.54, 1.807) is 7.11 Å². The maximum Gasteiger partial charge on any atom is 0.175 e. The first kappa shape index (κ1) is 9.10. The first-order valence-corrected chi connectivity index (χ1v) is 3.43. The Kier molecular flexibility index (Phi) is 8.18. The van der Waals surface area contributed by atoms with Crippen LogP contribution in [0.15, 0.2) is 0 Å². The van der Waals surface area contributed by atoms with Crippen LogP contribution in [0.2, 0.25) is 0 Å². The SMILES string of the molecule is COCCOCCO[SiH2]. The summed E-state index contributed by atoms with van der Waals surface area (Å²) in [6.45, 7) is 2.64. The van der Waals surface area contributed by atoms with Crippen LogP contribution in [0.25, 0.3) is 0 Å². The van der Waals surface area contributed by atoms with E-state index in [-0.39, 0.29) is 0 Å². The molecular formula is C5H13O3Si. The van der Waals surface area contributed by atoms with Crippen molar-refractivity contribution < 1.29 is 13.9 Å². The zero-order chi connectivity index (χ0) is 6.95. The van der Waals surface area contributed by atoms with Gasteiger partial charge in [-0.05, 0) is 0 Å². The maximum atomic E-state index is 5.07. The molecule has 4 heteroatoms. The van der Waals surface area contributed by atoms with Crippen molar-refractivity contribution in [1.82, 2.24) is 0 Å². The van der Waals surface area contributed by atoms with E-state index in [2.05, 4.69) is 0 Å². The molecule has 0 saturated carbocycles. The van der Waals surface area contributed by atoms with Gasteiger partial charge < -0.3 is 13.9 Å². The van der Waals surface area contributed by atoms with E-state index in [1.807, 2.05) is 0 Å². The molecular weight excluding hydrogens is 136 g/mol. The van der Waals surface area contributed by atoms with Gasteiger partial charge in [0.15, 0.2) is 10.5 Å². The monoisotopic (exact) mass is 149 g/mol. The third-order valence-electron chi connectivity index (χ3n) is 0.804. The normalized spacial score (nSPS) is 10.0. The quantitative estimate of drug-likeness (QED) is 0.366. The first-order valence-electron chi connectivity index (χ1n) is 2.85. The largest absolute Gasteiger partial charge is 0.423 e. The van der Waals surface area contributed by atoms with Crippen LogP contribution in [0.1, 0.15) is 0 Å². The highest BCUT2D eigenvalue weighted by Gasteiger charge is 1.84. The van der Waals surface area contributed by atoms with Crippen LogP contribution in [-0.4, -0.2) is 44.0 Å². The van der Waals surface area contributed by atoms with E-state index in [1.165, 1.54) is 10.5 Å². The van der Waals surface area contributed by atoms with Crippen LogP contribution in [-0.2, 0) is 13.9 Å². The Morgan fingerprint density at radius 3 is 2.33 bits per heavy atom. The van der Waals surface area contributed by atoms with Crippen LogP contribution < -0.4 is 0 Å². The molecule has 0 bridgehead atoms. The highest BCUT2D eigenvalue weighted by Crippen LogP contribution is 1.75. The molecule has 55 valence electrons. The third kappa shape index (κ3) is 8.10. The fourth-order valence-corrected chi connectivity index (χ4v) is 0.480. The van der Waals surface area contributed by atoms with Gasteiger partial charge in [-0.1, -0.05) is 0 Å². The van der Waals surface area contributed by atoms with Crippen molar-refractivity contribution in [3.63, 3.8) is 0 Å². The Hall–Kier alpha value is 0.0969. The van der Waals surface area contributed by atoms with Gasteiger partial charge in [0.25, 0.3) is 0 Å². The second kappa shape index (κ2) is 8.10. The van der Waals surface area contributed by atoms with Crippen molar-refractivity contribution in [1.29, 1.82) is 0 Å². The Morgan fingerprint density at radius 1 is 1.11 bits per heavy atom. The van der Waals surface area contributed by atoms with E-state index < -0.39 is 0 Å². The zero-order valence-corrected chi connectivity index (χ0v) is 7.17. The smallest absolute Gasteiger partial charge is 0.175 e. The molecule has 0 aliphatic carbocycles. The minimum atomic E-state index is 0.656. The minimum absolute atomic E-state index is 0.656. The number of hydrogen-bond donors (Lipinski definition) is 0. The van der Waals surface area contributed by atoms with Gasteiger partial charge in [-0.15, -0.1) is 0 Å². The van der Waals surface area contributed by atoms with E-state index in [4.69, 9.17) is 13.9 Å². The molecule has 0 aromatic rings. The lowest BCUT2D eigenvalue weighted by molar-refractivity contribution is 0.0558. The summed E-state index contributed by atoms with van der Waals surface area (Å²) in [4.78, 5) is 0. The summed E-state index contributed by atoms with van der Waals surface area (Å²) >= 11 is 0. The lowest BCUT2D eigenvalue weighted by atomic mass is 10.7. The standard InChI is InChI=1S/C5H13O3Si/c1-6-2-3-7-4-5-8-9/h2-5,9H2,1H3. The second-order valence-corrected chi connectivity index (χ2v) is 1.92. The molecule has 0 spiro atoms. The summed E-state index contributed by atoms with van der Waals surface area (Å²) in [6, 6.07) is 0. The Labute approximate surface area is 58.8 Å². The van der Waals surface area contributed by atoms with Crippen LogP contribution in [0.3, 0.4) is 0 Å². The van der Waals surface area contributed by atoms with Crippen molar-refractivity contribution in [2.24, 2.45) is 0 Å². The van der Waals surface area contributed by atoms with Crippen LogP contribution in [0, 0.1) is 0 Å². The summed E-state index contributed by atoms with van der Waals surface area (Å²) < 4.78 is 14.6. The number of rotatable bonds is 6. The highest BCUT2D eigenvalue weighted by molar-refractivity contribution is 5.97. The summed E-state index contributed by atoms with van der Waals surface area (Å²) in [5.74, 6) is 0. The fourth-order valence-electron chi connectivity index (χ4n) is 0.362. The predicted octanol–water partition coefficient (Wildman–Crippen LogP) is -0.786. The van der Waals surface area contributed by atoms with Gasteiger partial charge in [0.05, 0.1) is 26.4 Å². The molecule has 0 saturated heterocycles. The van der Waals surface area contributed by atoms with Crippen molar-refractivity contribution in [2.75, 3.05) is 33.5 Å². The van der Waals surface area contributed by atoms with Gasteiger partial charge >= 0.3 is 0 Å². The molecule has 0 rings (SSSR count). The first-order chi connectivity index (χ1) is 4.41. The average molecular weight is 149 g/mol. The fraction of sp³-hybridized carbons (Fsp3) is 1.00. The van der Waals surface area contributed by atoms with Crippen molar-refractivity contribution >= 4 is 10.5 Å². The molecule has 0 N–H and O–H groups in total. The molecule has 0 heterocycles. The van der Waals surface area contributed by atoms with Crippen LogP contribution in [0.4, 0.5) is 0 Å². The second-order valence-electron chi connectivity index (χ2n) is 1.51. The van der Waals surface area contributed by atoms with Crippen LogP contribution >= 0.6 is 0 Å². The van der Waals surface area contributed by atoms with E-state index in [9.17, 15) is 0 Å². The average Bonchev–Trinajstić information content (AvgIpc) is 1.89. The number of methoxy groups -OCH3 is 1. The van der Waals surface area contributed by atoms with Gasteiger partial charge in [0, 0.05) is 7.11 Å². The zero-order valence-electron chi connectivity index (χ0n) is 5.76. The molecule has 0 fully saturated rings. The number of ether oxygens (including phenoxy) is 2.